The fourth-order valence-electron chi connectivity index (χ4n) is 3.86. The Kier molecular flexibility index (Phi) is 5.60. The lowest BCUT2D eigenvalue weighted by molar-refractivity contribution is -0.132. The first-order chi connectivity index (χ1) is 15.4. The van der Waals surface area contributed by atoms with Crippen LogP contribution in [0.1, 0.15) is 20.8 Å². The molecular formula is C26H20O6. The summed E-state index contributed by atoms with van der Waals surface area (Å²) in [5, 5.41) is 2.31. The van der Waals surface area contributed by atoms with Crippen LogP contribution in [0, 0.1) is 0 Å². The molecule has 6 heteroatoms. The number of carbonyl (C=O) groups excluding carboxylic acids is 3. The zero-order chi connectivity index (χ0) is 22.8. The van der Waals surface area contributed by atoms with E-state index in [4.69, 9.17) is 14.2 Å². The van der Waals surface area contributed by atoms with Crippen molar-refractivity contribution in [2.45, 2.75) is 20.8 Å². The maximum Gasteiger partial charge on any atom is 0.308 e. The fourth-order valence-corrected chi connectivity index (χ4v) is 3.86. The maximum absolute atomic E-state index is 12.1. The number of benzene rings is 4. The highest BCUT2D eigenvalue weighted by molar-refractivity contribution is 6.20. The van der Waals surface area contributed by atoms with Crippen LogP contribution >= 0.6 is 0 Å². The summed E-state index contributed by atoms with van der Waals surface area (Å²) in [4.78, 5) is 35.7. The lowest BCUT2D eigenvalue weighted by Gasteiger charge is -2.19. The van der Waals surface area contributed by atoms with E-state index in [0.29, 0.717) is 10.8 Å². The fraction of sp³-hybridized carbons (Fsp3) is 0.115. The van der Waals surface area contributed by atoms with Gasteiger partial charge >= 0.3 is 17.9 Å². The summed E-state index contributed by atoms with van der Waals surface area (Å²) in [6.45, 7) is 3.88. The van der Waals surface area contributed by atoms with Gasteiger partial charge in [-0.3, -0.25) is 14.4 Å². The second-order valence-corrected chi connectivity index (χ2v) is 7.21. The Morgan fingerprint density at radius 2 is 1.03 bits per heavy atom. The molecule has 4 rings (SSSR count). The van der Waals surface area contributed by atoms with E-state index in [1.165, 1.54) is 20.8 Å². The van der Waals surface area contributed by atoms with E-state index < -0.39 is 17.9 Å². The number of hydrogen-bond acceptors (Lipinski definition) is 6. The zero-order valence-corrected chi connectivity index (χ0v) is 17.8. The number of fused-ring (bicyclic) bond motifs is 2. The van der Waals surface area contributed by atoms with Crippen molar-refractivity contribution < 1.29 is 28.6 Å². The van der Waals surface area contributed by atoms with Crippen LogP contribution in [0.4, 0.5) is 0 Å². The molecular weight excluding hydrogens is 408 g/mol. The predicted octanol–water partition coefficient (Wildman–Crippen LogP) is 5.44. The molecule has 0 unspecified atom stereocenters. The third-order valence-corrected chi connectivity index (χ3v) is 4.86. The van der Waals surface area contributed by atoms with Gasteiger partial charge in [-0.05, 0) is 34.0 Å². The SMILES string of the molecule is CC(=O)Oc1cccc2c(-c3ccccc3)c3cccc(OC(C)=O)c3c(OC(C)=O)c12. The molecule has 0 atom stereocenters. The Morgan fingerprint density at radius 3 is 1.47 bits per heavy atom. The van der Waals surface area contributed by atoms with Gasteiger partial charge in [0.05, 0.1) is 10.8 Å². The van der Waals surface area contributed by atoms with Gasteiger partial charge in [-0.1, -0.05) is 54.6 Å². The molecule has 0 radical (unpaired) electrons. The predicted molar refractivity (Wildman–Crippen MR) is 121 cm³/mol. The van der Waals surface area contributed by atoms with Crippen LogP contribution in [0.3, 0.4) is 0 Å². The standard InChI is InChI=1S/C26H20O6/c1-15(27)30-21-13-7-11-19-23(18-9-5-4-6-10-18)20-12-8-14-22(31-16(2)28)25(20)26(24(19)21)32-17(3)29/h4-14H,1-3H3. The Morgan fingerprint density at radius 1 is 0.562 bits per heavy atom. The lowest BCUT2D eigenvalue weighted by Crippen LogP contribution is -2.08. The Bertz CT molecular complexity index is 1290. The highest BCUT2D eigenvalue weighted by Crippen LogP contribution is 2.49. The van der Waals surface area contributed by atoms with Gasteiger partial charge in [0.1, 0.15) is 11.5 Å². The van der Waals surface area contributed by atoms with Gasteiger partial charge < -0.3 is 14.2 Å². The molecule has 4 aromatic carbocycles. The largest absolute Gasteiger partial charge is 0.426 e. The average Bonchev–Trinajstić information content (AvgIpc) is 2.73. The number of carbonyl (C=O) groups is 3. The highest BCUT2D eigenvalue weighted by Gasteiger charge is 2.24. The van der Waals surface area contributed by atoms with Crippen molar-refractivity contribution in [3.63, 3.8) is 0 Å². The van der Waals surface area contributed by atoms with E-state index in [-0.39, 0.29) is 17.2 Å². The van der Waals surface area contributed by atoms with E-state index in [2.05, 4.69) is 0 Å². The van der Waals surface area contributed by atoms with Crippen molar-refractivity contribution >= 4 is 39.5 Å². The van der Waals surface area contributed by atoms with Crippen LogP contribution in [-0.2, 0) is 14.4 Å². The van der Waals surface area contributed by atoms with Crippen molar-refractivity contribution in [1.82, 2.24) is 0 Å². The van der Waals surface area contributed by atoms with Crippen LogP contribution in [0.5, 0.6) is 17.2 Å². The number of ether oxygens (including phenoxy) is 3. The van der Waals surface area contributed by atoms with Gasteiger partial charge in [0.2, 0.25) is 0 Å². The van der Waals surface area contributed by atoms with Gasteiger partial charge in [0.25, 0.3) is 0 Å². The van der Waals surface area contributed by atoms with Crippen LogP contribution in [0.25, 0.3) is 32.7 Å². The third-order valence-electron chi connectivity index (χ3n) is 4.86. The van der Waals surface area contributed by atoms with E-state index in [0.717, 1.165) is 21.9 Å². The minimum Gasteiger partial charge on any atom is -0.426 e. The van der Waals surface area contributed by atoms with E-state index in [1.54, 1.807) is 24.3 Å². The second-order valence-electron chi connectivity index (χ2n) is 7.21. The molecule has 6 nitrogen and oxygen atoms in total. The first-order valence-electron chi connectivity index (χ1n) is 9.99. The quantitative estimate of drug-likeness (QED) is 0.245. The zero-order valence-electron chi connectivity index (χ0n) is 17.8. The van der Waals surface area contributed by atoms with Crippen molar-refractivity contribution in [3.05, 3.63) is 66.7 Å². The first-order valence-corrected chi connectivity index (χ1v) is 9.99. The second kappa shape index (κ2) is 8.51. The molecule has 0 N–H and O–H groups in total. The van der Waals surface area contributed by atoms with Crippen LogP contribution < -0.4 is 14.2 Å². The van der Waals surface area contributed by atoms with Crippen LogP contribution in [0.15, 0.2) is 66.7 Å². The molecule has 32 heavy (non-hydrogen) atoms. The van der Waals surface area contributed by atoms with Crippen molar-refractivity contribution in [3.8, 4) is 28.4 Å². The third kappa shape index (κ3) is 3.90. The molecule has 0 saturated heterocycles. The molecule has 4 aromatic rings. The minimum absolute atomic E-state index is 0.163. The minimum atomic E-state index is -0.560. The van der Waals surface area contributed by atoms with Crippen molar-refractivity contribution in [2.75, 3.05) is 0 Å². The van der Waals surface area contributed by atoms with Crippen molar-refractivity contribution in [2.24, 2.45) is 0 Å². The number of hydrogen-bond donors (Lipinski definition) is 0. The summed E-state index contributed by atoms with van der Waals surface area (Å²) in [5.41, 5.74) is 1.73. The molecule has 0 heterocycles. The highest BCUT2D eigenvalue weighted by atomic mass is 16.6. The Hall–Kier alpha value is -4.19. The van der Waals surface area contributed by atoms with E-state index in [1.807, 2.05) is 42.5 Å². The van der Waals surface area contributed by atoms with Crippen LogP contribution in [-0.4, -0.2) is 17.9 Å². The summed E-state index contributed by atoms with van der Waals surface area (Å²) in [5.74, 6) is -0.945. The van der Waals surface area contributed by atoms with Crippen LogP contribution in [0.2, 0.25) is 0 Å². The molecule has 0 aliphatic carbocycles. The van der Waals surface area contributed by atoms with Gasteiger partial charge in [-0.25, -0.2) is 0 Å². The molecule has 0 fully saturated rings. The normalized spacial score (nSPS) is 10.7. The Balaban J connectivity index is 2.27. The smallest absolute Gasteiger partial charge is 0.308 e. The molecule has 160 valence electrons. The van der Waals surface area contributed by atoms with Gasteiger partial charge in [-0.15, -0.1) is 0 Å². The average molecular weight is 428 g/mol. The monoisotopic (exact) mass is 428 g/mol. The molecule has 0 aromatic heterocycles. The molecule has 0 saturated carbocycles. The van der Waals surface area contributed by atoms with E-state index in [9.17, 15) is 14.4 Å². The van der Waals surface area contributed by atoms with Gasteiger partial charge in [0.15, 0.2) is 5.75 Å². The number of esters is 3. The summed E-state index contributed by atoms with van der Waals surface area (Å²) in [7, 11) is 0. The van der Waals surface area contributed by atoms with E-state index >= 15 is 0 Å². The number of rotatable bonds is 4. The summed E-state index contributed by atoms with van der Waals surface area (Å²) in [6, 6.07) is 20.2. The topological polar surface area (TPSA) is 78.9 Å². The summed E-state index contributed by atoms with van der Waals surface area (Å²) < 4.78 is 16.6. The van der Waals surface area contributed by atoms with Gasteiger partial charge in [0, 0.05) is 20.8 Å². The lowest BCUT2D eigenvalue weighted by atomic mass is 9.90. The molecule has 0 bridgehead atoms. The maximum atomic E-state index is 12.1. The molecule has 0 aliphatic heterocycles. The van der Waals surface area contributed by atoms with Crippen molar-refractivity contribution in [1.29, 1.82) is 0 Å². The van der Waals surface area contributed by atoms with Gasteiger partial charge in [-0.2, -0.15) is 0 Å². The first kappa shape index (κ1) is 21.1. The molecule has 0 amide bonds. The molecule has 0 aliphatic rings. The summed E-state index contributed by atoms with van der Waals surface area (Å²) >= 11 is 0. The molecule has 0 spiro atoms. The summed E-state index contributed by atoms with van der Waals surface area (Å²) in [6.07, 6.45) is 0. The Labute approximate surface area is 184 Å².